The minimum Gasteiger partial charge on any atom is -0.461 e. The average Bonchev–Trinajstić information content (AvgIpc) is 3.07. The molecule has 1 aromatic carbocycles. The smallest absolute Gasteiger partial charge is 0.185 e. The van der Waals surface area contributed by atoms with Gasteiger partial charge in [-0.1, -0.05) is 24.3 Å². The molecule has 0 bridgehead atoms. The maximum Gasteiger partial charge on any atom is 0.185 e. The number of hydrogen-bond donors (Lipinski definition) is 0. The Morgan fingerprint density at radius 3 is 1.84 bits per heavy atom. The molecule has 0 N–H and O–H groups in total. The van der Waals surface area contributed by atoms with Crippen molar-refractivity contribution in [1.29, 1.82) is 0 Å². The van der Waals surface area contributed by atoms with E-state index in [9.17, 15) is 4.79 Å². The topological polar surface area (TPSA) is 43.4 Å². The first-order valence-corrected chi connectivity index (χ1v) is 5.98. The Morgan fingerprint density at radius 2 is 1.37 bits per heavy atom. The number of aryl methyl sites for hydroxylation is 1. The molecule has 0 unspecified atom stereocenters. The van der Waals surface area contributed by atoms with Gasteiger partial charge in [-0.15, -0.1) is 0 Å². The predicted molar refractivity (Wildman–Crippen MR) is 72.0 cm³/mol. The average molecular weight is 252 g/mol. The fourth-order valence-corrected chi connectivity index (χ4v) is 1.96. The van der Waals surface area contributed by atoms with Crippen LogP contribution in [0.5, 0.6) is 0 Å². The molecule has 2 aromatic heterocycles. The van der Waals surface area contributed by atoms with Gasteiger partial charge < -0.3 is 8.83 Å². The third kappa shape index (κ3) is 2.22. The van der Waals surface area contributed by atoms with E-state index in [0.717, 1.165) is 22.6 Å². The van der Waals surface area contributed by atoms with Gasteiger partial charge in [-0.3, -0.25) is 4.79 Å². The lowest BCUT2D eigenvalue weighted by Gasteiger charge is -2.00. The molecule has 0 radical (unpaired) electrons. The van der Waals surface area contributed by atoms with Crippen molar-refractivity contribution in [3.8, 4) is 22.6 Å². The van der Waals surface area contributed by atoms with Gasteiger partial charge in [0.15, 0.2) is 12.0 Å². The van der Waals surface area contributed by atoms with Crippen molar-refractivity contribution in [2.24, 2.45) is 0 Å². The van der Waals surface area contributed by atoms with Gasteiger partial charge in [-0.25, -0.2) is 0 Å². The van der Waals surface area contributed by atoms with E-state index < -0.39 is 0 Å². The van der Waals surface area contributed by atoms with Crippen molar-refractivity contribution in [2.75, 3.05) is 0 Å². The van der Waals surface area contributed by atoms with Crippen molar-refractivity contribution >= 4 is 6.29 Å². The number of aldehydes is 1. The Hall–Kier alpha value is -2.55. The summed E-state index contributed by atoms with van der Waals surface area (Å²) in [5.41, 5.74) is 1.94. The lowest BCUT2D eigenvalue weighted by Crippen LogP contribution is -1.76. The quantitative estimate of drug-likeness (QED) is 0.652. The maximum atomic E-state index is 10.6. The van der Waals surface area contributed by atoms with E-state index in [1.165, 1.54) is 0 Å². The van der Waals surface area contributed by atoms with E-state index in [0.29, 0.717) is 17.8 Å². The van der Waals surface area contributed by atoms with Crippen LogP contribution in [0.2, 0.25) is 0 Å². The van der Waals surface area contributed by atoms with Crippen LogP contribution in [0, 0.1) is 6.92 Å². The monoisotopic (exact) mass is 252 g/mol. The van der Waals surface area contributed by atoms with Gasteiger partial charge in [0.05, 0.1) is 0 Å². The Kier molecular flexibility index (Phi) is 2.80. The van der Waals surface area contributed by atoms with Crippen LogP contribution in [-0.4, -0.2) is 6.29 Å². The van der Waals surface area contributed by atoms with Crippen LogP contribution in [0.1, 0.15) is 16.3 Å². The minimum absolute atomic E-state index is 0.334. The van der Waals surface area contributed by atoms with Crippen LogP contribution >= 0.6 is 0 Å². The van der Waals surface area contributed by atoms with Gasteiger partial charge >= 0.3 is 0 Å². The van der Waals surface area contributed by atoms with E-state index in [1.807, 2.05) is 43.3 Å². The van der Waals surface area contributed by atoms with E-state index >= 15 is 0 Å². The molecule has 94 valence electrons. The van der Waals surface area contributed by atoms with Crippen LogP contribution in [0.3, 0.4) is 0 Å². The molecule has 0 aliphatic carbocycles. The Morgan fingerprint density at radius 1 is 0.789 bits per heavy atom. The number of benzene rings is 1. The standard InChI is InChI=1S/C16H12O3/c1-11-2-8-15(18-11)12-3-5-13(6-4-12)16-9-7-14(10-17)19-16/h2-10H,1H3. The van der Waals surface area contributed by atoms with E-state index in [-0.39, 0.29) is 0 Å². The third-order valence-corrected chi connectivity index (χ3v) is 2.94. The Balaban J connectivity index is 1.92. The van der Waals surface area contributed by atoms with Gasteiger partial charge in [0, 0.05) is 11.1 Å². The van der Waals surface area contributed by atoms with Gasteiger partial charge in [0.1, 0.15) is 17.3 Å². The number of hydrogen-bond acceptors (Lipinski definition) is 3. The molecule has 19 heavy (non-hydrogen) atoms. The Labute approximate surface area is 110 Å². The fourth-order valence-electron chi connectivity index (χ4n) is 1.96. The molecule has 0 saturated heterocycles. The molecule has 2 heterocycles. The number of carbonyl (C=O) groups excluding carboxylic acids is 1. The van der Waals surface area contributed by atoms with Gasteiger partial charge in [0.25, 0.3) is 0 Å². The number of carbonyl (C=O) groups is 1. The molecule has 0 spiro atoms. The minimum atomic E-state index is 0.334. The summed E-state index contributed by atoms with van der Waals surface area (Å²) < 4.78 is 10.9. The van der Waals surface area contributed by atoms with Crippen molar-refractivity contribution < 1.29 is 13.6 Å². The maximum absolute atomic E-state index is 10.6. The molecular formula is C16H12O3. The zero-order valence-corrected chi connectivity index (χ0v) is 10.4. The zero-order valence-electron chi connectivity index (χ0n) is 10.4. The SMILES string of the molecule is Cc1ccc(-c2ccc(-c3ccc(C=O)o3)cc2)o1. The molecule has 0 saturated carbocycles. The summed E-state index contributed by atoms with van der Waals surface area (Å²) >= 11 is 0. The lowest BCUT2D eigenvalue weighted by molar-refractivity contribution is 0.110. The molecule has 3 nitrogen and oxygen atoms in total. The van der Waals surface area contributed by atoms with Crippen LogP contribution in [0.25, 0.3) is 22.6 Å². The second-order valence-corrected chi connectivity index (χ2v) is 4.31. The summed E-state index contributed by atoms with van der Waals surface area (Å²) in [4.78, 5) is 10.6. The van der Waals surface area contributed by atoms with Crippen molar-refractivity contribution in [2.45, 2.75) is 6.92 Å². The normalized spacial score (nSPS) is 10.6. The van der Waals surface area contributed by atoms with Crippen molar-refractivity contribution in [3.05, 3.63) is 60.1 Å². The molecular weight excluding hydrogens is 240 g/mol. The predicted octanol–water partition coefficient (Wildman–Crippen LogP) is 4.33. The van der Waals surface area contributed by atoms with Crippen molar-refractivity contribution in [3.63, 3.8) is 0 Å². The highest BCUT2D eigenvalue weighted by Crippen LogP contribution is 2.26. The van der Waals surface area contributed by atoms with E-state index in [1.54, 1.807) is 12.1 Å². The summed E-state index contributed by atoms with van der Waals surface area (Å²) in [5, 5.41) is 0. The van der Waals surface area contributed by atoms with E-state index in [2.05, 4.69) is 0 Å². The van der Waals surface area contributed by atoms with Gasteiger partial charge in [0.2, 0.25) is 0 Å². The number of rotatable bonds is 3. The van der Waals surface area contributed by atoms with E-state index in [4.69, 9.17) is 8.83 Å². The molecule has 3 aromatic rings. The molecule has 0 fully saturated rings. The first kappa shape index (κ1) is 11.5. The lowest BCUT2D eigenvalue weighted by atomic mass is 10.1. The van der Waals surface area contributed by atoms with Gasteiger partial charge in [-0.05, 0) is 31.2 Å². The first-order valence-electron chi connectivity index (χ1n) is 5.98. The first-order chi connectivity index (χ1) is 9.26. The zero-order chi connectivity index (χ0) is 13.2. The summed E-state index contributed by atoms with van der Waals surface area (Å²) in [6.45, 7) is 1.92. The molecule has 0 atom stereocenters. The van der Waals surface area contributed by atoms with Gasteiger partial charge in [-0.2, -0.15) is 0 Å². The van der Waals surface area contributed by atoms with Crippen LogP contribution in [-0.2, 0) is 0 Å². The second-order valence-electron chi connectivity index (χ2n) is 4.31. The Bertz CT molecular complexity index is 702. The fraction of sp³-hybridized carbons (Fsp3) is 0.0625. The third-order valence-electron chi connectivity index (χ3n) is 2.94. The molecule has 0 amide bonds. The molecule has 0 aliphatic heterocycles. The highest BCUT2D eigenvalue weighted by molar-refractivity contribution is 5.73. The summed E-state index contributed by atoms with van der Waals surface area (Å²) in [6.07, 6.45) is 0.698. The van der Waals surface area contributed by atoms with Crippen LogP contribution < -0.4 is 0 Å². The largest absolute Gasteiger partial charge is 0.461 e. The highest BCUT2D eigenvalue weighted by Gasteiger charge is 2.06. The van der Waals surface area contributed by atoms with Crippen molar-refractivity contribution in [1.82, 2.24) is 0 Å². The van der Waals surface area contributed by atoms with Crippen LogP contribution in [0.15, 0.2) is 57.4 Å². The second kappa shape index (κ2) is 4.61. The summed E-state index contributed by atoms with van der Waals surface area (Å²) in [7, 11) is 0. The molecule has 3 rings (SSSR count). The summed E-state index contributed by atoms with van der Waals surface area (Å²) in [5.74, 6) is 2.75. The summed E-state index contributed by atoms with van der Waals surface area (Å²) in [6, 6.07) is 15.2. The molecule has 3 heteroatoms. The number of furan rings is 2. The van der Waals surface area contributed by atoms with Crippen LogP contribution in [0.4, 0.5) is 0 Å². The molecule has 0 aliphatic rings. The highest BCUT2D eigenvalue weighted by atomic mass is 16.3.